The van der Waals surface area contributed by atoms with Crippen LogP contribution >= 0.6 is 11.8 Å². The summed E-state index contributed by atoms with van der Waals surface area (Å²) in [5.74, 6) is 1.69. The Bertz CT molecular complexity index is 928. The lowest BCUT2D eigenvalue weighted by Crippen LogP contribution is -2.24. The molecule has 0 atom stereocenters. The number of nitrogens with zero attached hydrogens (tertiary/aromatic N) is 2. The summed E-state index contributed by atoms with van der Waals surface area (Å²) < 4.78 is 10.9. The smallest absolute Gasteiger partial charge is 0.277 e. The Balaban J connectivity index is 1.38. The maximum absolute atomic E-state index is 12.0. The van der Waals surface area contributed by atoms with Gasteiger partial charge in [0.1, 0.15) is 5.75 Å². The van der Waals surface area contributed by atoms with Crippen LogP contribution in [0.25, 0.3) is 0 Å². The molecule has 0 aliphatic rings. The molecule has 3 rings (SSSR count). The Morgan fingerprint density at radius 3 is 2.69 bits per heavy atom. The standard InChI is InChI=1S/C22H25N3O3S/c1-16-13-17(11-12-19(16)27-2)9-6-10-21-24-25-22(28-21)29-15-20(26)23-14-18-7-4-3-5-8-18/h3-5,7-8,11-13H,6,9-10,14-15H2,1-2H3,(H,23,26). The maximum Gasteiger partial charge on any atom is 0.277 e. The summed E-state index contributed by atoms with van der Waals surface area (Å²) >= 11 is 1.25. The van der Waals surface area contributed by atoms with Gasteiger partial charge in [-0.2, -0.15) is 0 Å². The number of carbonyl (C=O) groups excluding carboxylic acids is 1. The highest BCUT2D eigenvalue weighted by Gasteiger charge is 2.10. The van der Waals surface area contributed by atoms with E-state index in [0.717, 1.165) is 29.7 Å². The van der Waals surface area contributed by atoms with Gasteiger partial charge in [0, 0.05) is 13.0 Å². The normalized spacial score (nSPS) is 10.7. The zero-order valence-corrected chi connectivity index (χ0v) is 17.5. The summed E-state index contributed by atoms with van der Waals surface area (Å²) in [6.07, 6.45) is 2.55. The van der Waals surface area contributed by atoms with Crippen molar-refractivity contribution in [2.75, 3.05) is 12.9 Å². The maximum atomic E-state index is 12.0. The van der Waals surface area contributed by atoms with Crippen LogP contribution in [-0.4, -0.2) is 29.0 Å². The number of methoxy groups -OCH3 is 1. The molecule has 0 unspecified atom stereocenters. The van der Waals surface area contributed by atoms with E-state index in [1.54, 1.807) is 7.11 Å². The van der Waals surface area contributed by atoms with Gasteiger partial charge in [-0.05, 0) is 42.5 Å². The highest BCUT2D eigenvalue weighted by molar-refractivity contribution is 7.99. The van der Waals surface area contributed by atoms with E-state index in [0.29, 0.717) is 24.1 Å². The Morgan fingerprint density at radius 2 is 1.93 bits per heavy atom. The van der Waals surface area contributed by atoms with Crippen LogP contribution in [0, 0.1) is 6.92 Å². The summed E-state index contributed by atoms with van der Waals surface area (Å²) in [7, 11) is 1.68. The van der Waals surface area contributed by atoms with E-state index in [4.69, 9.17) is 9.15 Å². The van der Waals surface area contributed by atoms with Gasteiger partial charge in [-0.25, -0.2) is 0 Å². The van der Waals surface area contributed by atoms with Crippen LogP contribution in [0.3, 0.4) is 0 Å². The molecule has 0 aliphatic heterocycles. The number of aryl methyl sites for hydroxylation is 3. The Hall–Kier alpha value is -2.80. The first-order chi connectivity index (χ1) is 14.1. The van der Waals surface area contributed by atoms with E-state index in [2.05, 4.69) is 27.6 Å². The number of benzene rings is 2. The third-order valence-corrected chi connectivity index (χ3v) is 5.24. The van der Waals surface area contributed by atoms with Crippen LogP contribution in [0.1, 0.15) is 29.0 Å². The molecule has 0 saturated heterocycles. The van der Waals surface area contributed by atoms with Gasteiger partial charge in [0.05, 0.1) is 12.9 Å². The van der Waals surface area contributed by atoms with Crippen LogP contribution in [0.15, 0.2) is 58.2 Å². The van der Waals surface area contributed by atoms with Crippen molar-refractivity contribution in [2.45, 2.75) is 38.0 Å². The van der Waals surface area contributed by atoms with Crippen molar-refractivity contribution in [3.8, 4) is 5.75 Å². The molecule has 1 aromatic heterocycles. The lowest BCUT2D eigenvalue weighted by molar-refractivity contribution is -0.118. The number of rotatable bonds is 10. The molecule has 152 valence electrons. The molecular weight excluding hydrogens is 386 g/mol. The molecule has 29 heavy (non-hydrogen) atoms. The second-order valence-electron chi connectivity index (χ2n) is 6.67. The van der Waals surface area contributed by atoms with Crippen molar-refractivity contribution in [1.29, 1.82) is 0 Å². The van der Waals surface area contributed by atoms with E-state index >= 15 is 0 Å². The molecule has 6 nitrogen and oxygen atoms in total. The lowest BCUT2D eigenvalue weighted by Gasteiger charge is -2.06. The minimum Gasteiger partial charge on any atom is -0.496 e. The first-order valence-corrected chi connectivity index (χ1v) is 10.5. The number of aromatic nitrogens is 2. The molecule has 7 heteroatoms. The van der Waals surface area contributed by atoms with E-state index < -0.39 is 0 Å². The summed E-state index contributed by atoms with van der Waals surface area (Å²) in [5, 5.41) is 11.4. The summed E-state index contributed by atoms with van der Waals surface area (Å²) in [6, 6.07) is 16.0. The van der Waals surface area contributed by atoms with Gasteiger partial charge in [0.25, 0.3) is 5.22 Å². The predicted molar refractivity (Wildman–Crippen MR) is 113 cm³/mol. The van der Waals surface area contributed by atoms with Crippen LogP contribution < -0.4 is 10.1 Å². The number of thioether (sulfide) groups is 1. The second kappa shape index (κ2) is 10.7. The Morgan fingerprint density at radius 1 is 1.10 bits per heavy atom. The fourth-order valence-corrected chi connectivity index (χ4v) is 3.52. The van der Waals surface area contributed by atoms with Gasteiger partial charge in [-0.15, -0.1) is 10.2 Å². The number of carbonyl (C=O) groups is 1. The largest absolute Gasteiger partial charge is 0.496 e. The minimum atomic E-state index is -0.0616. The molecular formula is C22H25N3O3S. The number of ether oxygens (including phenoxy) is 1. The van der Waals surface area contributed by atoms with Crippen molar-refractivity contribution in [1.82, 2.24) is 15.5 Å². The fraction of sp³-hybridized carbons (Fsp3) is 0.318. The number of amides is 1. The van der Waals surface area contributed by atoms with Crippen molar-refractivity contribution in [3.05, 3.63) is 71.1 Å². The van der Waals surface area contributed by atoms with Gasteiger partial charge in [0.2, 0.25) is 11.8 Å². The predicted octanol–water partition coefficient (Wildman–Crippen LogP) is 3.97. The molecule has 1 N–H and O–H groups in total. The Labute approximate surface area is 175 Å². The van der Waals surface area contributed by atoms with E-state index in [-0.39, 0.29) is 11.7 Å². The molecule has 1 amide bonds. The topological polar surface area (TPSA) is 77.2 Å². The zero-order chi connectivity index (χ0) is 20.5. The quantitative estimate of drug-likeness (QED) is 0.509. The van der Waals surface area contributed by atoms with Crippen molar-refractivity contribution in [3.63, 3.8) is 0 Å². The lowest BCUT2D eigenvalue weighted by atomic mass is 10.1. The van der Waals surface area contributed by atoms with Crippen LogP contribution in [0.2, 0.25) is 0 Å². The van der Waals surface area contributed by atoms with Gasteiger partial charge >= 0.3 is 0 Å². The van der Waals surface area contributed by atoms with Gasteiger partial charge in [-0.1, -0.05) is 54.2 Å². The van der Waals surface area contributed by atoms with E-state index in [9.17, 15) is 4.79 Å². The SMILES string of the molecule is COc1ccc(CCCc2nnc(SCC(=O)NCc3ccccc3)o2)cc1C. The van der Waals surface area contributed by atoms with Crippen LogP contribution in [0.4, 0.5) is 0 Å². The number of hydrogen-bond acceptors (Lipinski definition) is 6. The van der Waals surface area contributed by atoms with Crippen molar-refractivity contribution >= 4 is 17.7 Å². The Kier molecular flexibility index (Phi) is 7.69. The third kappa shape index (κ3) is 6.64. The third-order valence-electron chi connectivity index (χ3n) is 4.42. The van der Waals surface area contributed by atoms with Gasteiger partial charge in [0.15, 0.2) is 0 Å². The molecule has 0 fully saturated rings. The fourth-order valence-electron chi connectivity index (χ4n) is 2.91. The average molecular weight is 412 g/mol. The molecule has 0 radical (unpaired) electrons. The summed E-state index contributed by atoms with van der Waals surface area (Å²) in [4.78, 5) is 12.0. The second-order valence-corrected chi connectivity index (χ2v) is 7.60. The van der Waals surface area contributed by atoms with Crippen LogP contribution in [0.5, 0.6) is 5.75 Å². The molecule has 0 bridgehead atoms. The zero-order valence-electron chi connectivity index (χ0n) is 16.7. The molecule has 1 heterocycles. The highest BCUT2D eigenvalue weighted by atomic mass is 32.2. The van der Waals surface area contributed by atoms with E-state index in [1.807, 2.05) is 43.3 Å². The first kappa shape index (κ1) is 20.9. The first-order valence-electron chi connectivity index (χ1n) is 9.53. The summed E-state index contributed by atoms with van der Waals surface area (Å²) in [5.41, 5.74) is 3.46. The van der Waals surface area contributed by atoms with Gasteiger partial charge < -0.3 is 14.5 Å². The number of nitrogens with one attached hydrogen (secondary N) is 1. The highest BCUT2D eigenvalue weighted by Crippen LogP contribution is 2.20. The summed E-state index contributed by atoms with van der Waals surface area (Å²) in [6.45, 7) is 2.56. The number of hydrogen-bond donors (Lipinski definition) is 1. The molecule has 0 saturated carbocycles. The minimum absolute atomic E-state index is 0.0616. The average Bonchev–Trinajstić information content (AvgIpc) is 3.19. The van der Waals surface area contributed by atoms with E-state index in [1.165, 1.54) is 17.3 Å². The molecule has 2 aromatic carbocycles. The van der Waals surface area contributed by atoms with Crippen LogP contribution in [-0.2, 0) is 24.2 Å². The van der Waals surface area contributed by atoms with Crippen molar-refractivity contribution in [2.24, 2.45) is 0 Å². The molecule has 3 aromatic rings. The van der Waals surface area contributed by atoms with Crippen molar-refractivity contribution < 1.29 is 13.9 Å². The molecule has 0 spiro atoms. The molecule has 0 aliphatic carbocycles. The monoisotopic (exact) mass is 411 g/mol. The van der Waals surface area contributed by atoms with Gasteiger partial charge in [-0.3, -0.25) is 4.79 Å².